The molecule has 2 aromatic rings. The van der Waals surface area contributed by atoms with Gasteiger partial charge < -0.3 is 4.74 Å². The Balaban J connectivity index is 2.12. The number of halogens is 2. The van der Waals surface area contributed by atoms with E-state index in [9.17, 15) is 13.6 Å². The number of carbonyl (C=O) groups is 1. The summed E-state index contributed by atoms with van der Waals surface area (Å²) in [6.07, 6.45) is 2.83. The van der Waals surface area contributed by atoms with Crippen LogP contribution in [-0.4, -0.2) is 24.4 Å². The lowest BCUT2D eigenvalue weighted by Gasteiger charge is -2.32. The summed E-state index contributed by atoms with van der Waals surface area (Å²) in [5.74, 6) is -4.75. The van der Waals surface area contributed by atoms with E-state index in [1.54, 1.807) is 18.2 Å². The van der Waals surface area contributed by atoms with E-state index in [0.29, 0.717) is 0 Å². The van der Waals surface area contributed by atoms with Crippen molar-refractivity contribution in [3.63, 3.8) is 0 Å². The van der Waals surface area contributed by atoms with E-state index in [2.05, 4.69) is 0 Å². The summed E-state index contributed by atoms with van der Waals surface area (Å²) in [7, 11) is 1.19. The van der Waals surface area contributed by atoms with Crippen LogP contribution in [0.2, 0.25) is 0 Å². The Morgan fingerprint density at radius 1 is 1.04 bits per heavy atom. The van der Waals surface area contributed by atoms with Gasteiger partial charge in [-0.05, 0) is 30.5 Å². The van der Waals surface area contributed by atoms with Gasteiger partial charge in [0.2, 0.25) is 5.78 Å². The number of methoxy groups -OCH3 is 1. The zero-order chi connectivity index (χ0) is 18.3. The molecule has 2 aromatic carbocycles. The van der Waals surface area contributed by atoms with Crippen molar-refractivity contribution in [2.75, 3.05) is 7.11 Å². The number of ketones is 1. The molecule has 2 nitrogen and oxygen atoms in total. The Morgan fingerprint density at radius 3 is 2.16 bits per heavy atom. The molecule has 132 valence electrons. The first-order chi connectivity index (χ1) is 11.9. The van der Waals surface area contributed by atoms with Crippen LogP contribution in [0, 0.1) is 0 Å². The molecule has 0 amide bonds. The van der Waals surface area contributed by atoms with E-state index in [1.807, 2.05) is 48.5 Å². The standard InChI is InChI=1S/C21H22F2O2/c1-20(25-2,16-15-18-11-7-4-8-12-18)21(22,23)19(24)14-13-17-9-5-3-6-10-17/h3-12,15-16H,13-14H2,1-2H3/b16-15+. The first kappa shape index (κ1) is 19.0. The summed E-state index contributed by atoms with van der Waals surface area (Å²) in [4.78, 5) is 12.2. The first-order valence-electron chi connectivity index (χ1n) is 8.13. The lowest BCUT2D eigenvalue weighted by Crippen LogP contribution is -2.51. The van der Waals surface area contributed by atoms with Gasteiger partial charge in [-0.3, -0.25) is 4.79 Å². The fourth-order valence-electron chi connectivity index (χ4n) is 2.46. The Kier molecular flexibility index (Phi) is 6.21. The second-order valence-corrected chi connectivity index (χ2v) is 6.04. The molecular formula is C21H22F2O2. The number of aryl methyl sites for hydroxylation is 1. The van der Waals surface area contributed by atoms with Crippen molar-refractivity contribution in [1.29, 1.82) is 0 Å². The summed E-state index contributed by atoms with van der Waals surface area (Å²) < 4.78 is 34.5. The second kappa shape index (κ2) is 8.17. The van der Waals surface area contributed by atoms with E-state index in [1.165, 1.54) is 20.1 Å². The molecule has 0 N–H and O–H groups in total. The summed E-state index contributed by atoms with van der Waals surface area (Å²) in [5, 5.41) is 0. The number of hydrogen-bond donors (Lipinski definition) is 0. The number of alkyl halides is 2. The summed E-state index contributed by atoms with van der Waals surface area (Å²) in [6, 6.07) is 18.2. The number of hydrogen-bond acceptors (Lipinski definition) is 2. The topological polar surface area (TPSA) is 26.3 Å². The molecule has 0 aliphatic rings. The van der Waals surface area contributed by atoms with Gasteiger partial charge >= 0.3 is 5.92 Å². The van der Waals surface area contributed by atoms with Crippen LogP contribution >= 0.6 is 0 Å². The highest BCUT2D eigenvalue weighted by Gasteiger charge is 2.54. The maximum Gasteiger partial charge on any atom is 0.336 e. The molecule has 0 fully saturated rings. The molecule has 0 spiro atoms. The fourth-order valence-corrected chi connectivity index (χ4v) is 2.46. The number of ether oxygens (including phenoxy) is 1. The number of carbonyl (C=O) groups excluding carboxylic acids is 1. The van der Waals surface area contributed by atoms with Crippen LogP contribution in [0.3, 0.4) is 0 Å². The summed E-state index contributed by atoms with van der Waals surface area (Å²) >= 11 is 0. The van der Waals surface area contributed by atoms with Crippen LogP contribution < -0.4 is 0 Å². The van der Waals surface area contributed by atoms with E-state index < -0.39 is 17.3 Å². The molecule has 0 saturated carbocycles. The average Bonchev–Trinajstić information content (AvgIpc) is 2.65. The Morgan fingerprint density at radius 2 is 1.60 bits per heavy atom. The SMILES string of the molecule is COC(C)(/C=C/c1ccccc1)C(F)(F)C(=O)CCc1ccccc1. The second-order valence-electron chi connectivity index (χ2n) is 6.04. The van der Waals surface area contributed by atoms with Crippen LogP contribution in [-0.2, 0) is 16.0 Å². The summed E-state index contributed by atoms with van der Waals surface area (Å²) in [6.45, 7) is 1.23. The third kappa shape index (κ3) is 4.60. The fraction of sp³-hybridized carbons (Fsp3) is 0.286. The number of benzene rings is 2. The zero-order valence-electron chi connectivity index (χ0n) is 14.4. The third-order valence-corrected chi connectivity index (χ3v) is 4.27. The van der Waals surface area contributed by atoms with Crippen molar-refractivity contribution in [3.8, 4) is 0 Å². The highest BCUT2D eigenvalue weighted by molar-refractivity contribution is 5.87. The predicted molar refractivity (Wildman–Crippen MR) is 95.6 cm³/mol. The van der Waals surface area contributed by atoms with Gasteiger partial charge in [-0.2, -0.15) is 8.78 Å². The van der Waals surface area contributed by atoms with Crippen molar-refractivity contribution in [3.05, 3.63) is 77.9 Å². The van der Waals surface area contributed by atoms with E-state index in [-0.39, 0.29) is 12.8 Å². The van der Waals surface area contributed by atoms with Crippen molar-refractivity contribution in [1.82, 2.24) is 0 Å². The van der Waals surface area contributed by atoms with Gasteiger partial charge in [0.25, 0.3) is 0 Å². The Labute approximate surface area is 147 Å². The highest BCUT2D eigenvalue weighted by Crippen LogP contribution is 2.35. The average molecular weight is 344 g/mol. The molecule has 1 unspecified atom stereocenters. The van der Waals surface area contributed by atoms with Crippen molar-refractivity contribution in [2.45, 2.75) is 31.3 Å². The molecular weight excluding hydrogens is 322 g/mol. The predicted octanol–water partition coefficient (Wildman–Crippen LogP) is 4.94. The number of Topliss-reactive ketones (excluding diaryl/α,β-unsaturated/α-hetero) is 1. The molecule has 0 bridgehead atoms. The molecule has 0 aliphatic carbocycles. The van der Waals surface area contributed by atoms with E-state index >= 15 is 0 Å². The van der Waals surface area contributed by atoms with Crippen LogP contribution in [0.15, 0.2) is 66.7 Å². The van der Waals surface area contributed by atoms with Crippen LogP contribution in [0.1, 0.15) is 24.5 Å². The molecule has 0 heterocycles. The van der Waals surface area contributed by atoms with Crippen molar-refractivity contribution in [2.24, 2.45) is 0 Å². The van der Waals surface area contributed by atoms with Gasteiger partial charge in [0.15, 0.2) is 5.60 Å². The molecule has 0 aliphatic heterocycles. The minimum atomic E-state index is -3.62. The summed E-state index contributed by atoms with van der Waals surface area (Å²) in [5.41, 5.74) is -0.389. The largest absolute Gasteiger partial charge is 0.368 e. The lowest BCUT2D eigenvalue weighted by atomic mass is 9.90. The van der Waals surface area contributed by atoms with Gasteiger partial charge in [-0.15, -0.1) is 0 Å². The Hall–Kier alpha value is -2.33. The Bertz CT molecular complexity index is 711. The van der Waals surface area contributed by atoms with Gasteiger partial charge in [-0.1, -0.05) is 66.7 Å². The van der Waals surface area contributed by atoms with E-state index in [4.69, 9.17) is 4.74 Å². The van der Waals surface area contributed by atoms with Crippen LogP contribution in [0.25, 0.3) is 6.08 Å². The lowest BCUT2D eigenvalue weighted by molar-refractivity contribution is -0.179. The molecule has 0 aromatic heterocycles. The molecule has 25 heavy (non-hydrogen) atoms. The minimum absolute atomic E-state index is 0.241. The van der Waals surface area contributed by atoms with Crippen molar-refractivity contribution >= 4 is 11.9 Å². The van der Waals surface area contributed by atoms with E-state index in [0.717, 1.165) is 11.1 Å². The maximum atomic E-state index is 14.7. The van der Waals surface area contributed by atoms with Gasteiger partial charge in [0, 0.05) is 13.5 Å². The smallest absolute Gasteiger partial charge is 0.336 e. The quantitative estimate of drug-likeness (QED) is 0.678. The zero-order valence-corrected chi connectivity index (χ0v) is 14.4. The van der Waals surface area contributed by atoms with Gasteiger partial charge in [0.1, 0.15) is 0 Å². The van der Waals surface area contributed by atoms with Crippen LogP contribution in [0.4, 0.5) is 8.78 Å². The van der Waals surface area contributed by atoms with Gasteiger partial charge in [0.05, 0.1) is 0 Å². The first-order valence-corrected chi connectivity index (χ1v) is 8.13. The highest BCUT2D eigenvalue weighted by atomic mass is 19.3. The monoisotopic (exact) mass is 344 g/mol. The molecule has 2 rings (SSSR count). The van der Waals surface area contributed by atoms with Crippen molar-refractivity contribution < 1.29 is 18.3 Å². The molecule has 1 atom stereocenters. The van der Waals surface area contributed by atoms with Crippen LogP contribution in [0.5, 0.6) is 0 Å². The molecule has 0 saturated heterocycles. The number of rotatable bonds is 8. The molecule has 0 radical (unpaired) electrons. The normalized spacial score (nSPS) is 14.4. The van der Waals surface area contributed by atoms with Gasteiger partial charge in [-0.25, -0.2) is 0 Å². The minimum Gasteiger partial charge on any atom is -0.368 e. The third-order valence-electron chi connectivity index (χ3n) is 4.27. The maximum absolute atomic E-state index is 14.7. The molecule has 4 heteroatoms.